The van der Waals surface area contributed by atoms with Crippen molar-refractivity contribution < 1.29 is 55.8 Å². The fourth-order valence-electron chi connectivity index (χ4n) is 0. The minimum atomic E-state index is -3.47. The summed E-state index contributed by atoms with van der Waals surface area (Å²) in [7, 11) is -3.47. The van der Waals surface area contributed by atoms with Crippen LogP contribution in [0.3, 0.4) is 0 Å². The SMILES string of the molecule is CS(=O)(=O)[C-]=O.[CH2-]C(=O)O.[Y]. The van der Waals surface area contributed by atoms with Crippen molar-refractivity contribution in [2.24, 2.45) is 0 Å². The summed E-state index contributed by atoms with van der Waals surface area (Å²) < 4.78 is 19.2. The first-order chi connectivity index (χ1) is 4.29. The van der Waals surface area contributed by atoms with Crippen molar-refractivity contribution in [2.75, 3.05) is 6.26 Å². The third-order valence-electron chi connectivity index (χ3n) is 0.151. The molecular weight excluding hydrogens is 249 g/mol. The summed E-state index contributed by atoms with van der Waals surface area (Å²) in [6.45, 7) is 2.56. The summed E-state index contributed by atoms with van der Waals surface area (Å²) in [4.78, 5) is 18.0. The van der Waals surface area contributed by atoms with Gasteiger partial charge in [-0.1, -0.05) is 0 Å². The van der Waals surface area contributed by atoms with Gasteiger partial charge >= 0.3 is 0 Å². The van der Waals surface area contributed by atoms with E-state index in [0.29, 0.717) is 0 Å². The maximum atomic E-state index is 9.58. The second-order valence-electron chi connectivity index (χ2n) is 1.25. The molecule has 0 atom stereocenters. The smallest absolute Gasteiger partial charge is 0.161 e. The van der Waals surface area contributed by atoms with Gasteiger partial charge in [-0.05, 0) is 0 Å². The molecule has 0 unspecified atom stereocenters. The van der Waals surface area contributed by atoms with Crippen molar-refractivity contribution in [3.8, 4) is 0 Å². The molecule has 0 amide bonds. The van der Waals surface area contributed by atoms with E-state index in [1.54, 1.807) is 0 Å². The zero-order valence-corrected chi connectivity index (χ0v) is 9.43. The van der Waals surface area contributed by atoms with Crippen molar-refractivity contribution in [2.45, 2.75) is 0 Å². The first kappa shape index (κ1) is 17.2. The van der Waals surface area contributed by atoms with E-state index in [0.717, 1.165) is 11.9 Å². The molecule has 0 spiro atoms. The van der Waals surface area contributed by atoms with E-state index in [9.17, 15) is 8.42 Å². The molecule has 1 N–H and O–H groups in total. The second kappa shape index (κ2) is 8.16. The van der Waals surface area contributed by atoms with Crippen LogP contribution in [0.25, 0.3) is 0 Å². The predicted octanol–water partition coefficient (Wildman–Crippen LogP) is -0.999. The van der Waals surface area contributed by atoms with Gasteiger partial charge in [0.2, 0.25) is 0 Å². The Balaban J connectivity index is -0.000000114. The van der Waals surface area contributed by atoms with E-state index in [4.69, 9.17) is 14.7 Å². The molecule has 5 nitrogen and oxygen atoms in total. The van der Waals surface area contributed by atoms with Crippen molar-refractivity contribution in [3.05, 3.63) is 6.92 Å². The normalized spacial score (nSPS) is 8.09. The minimum absolute atomic E-state index is 0. The van der Waals surface area contributed by atoms with Gasteiger partial charge in [0, 0.05) is 39.0 Å². The summed E-state index contributed by atoms with van der Waals surface area (Å²) >= 11 is 0. The molecule has 0 saturated carbocycles. The van der Waals surface area contributed by atoms with Crippen molar-refractivity contribution in [1.29, 1.82) is 0 Å². The largest absolute Gasteiger partial charge is 0.525 e. The molecular formula is C4H6O5SY-2. The van der Waals surface area contributed by atoms with Crippen molar-refractivity contribution in [1.82, 2.24) is 0 Å². The molecule has 63 valence electrons. The van der Waals surface area contributed by atoms with Crippen molar-refractivity contribution in [3.63, 3.8) is 0 Å². The van der Waals surface area contributed by atoms with Crippen molar-refractivity contribution >= 4 is 21.4 Å². The van der Waals surface area contributed by atoms with Gasteiger partial charge in [-0.3, -0.25) is 20.1 Å². The van der Waals surface area contributed by atoms with Crippen LogP contribution in [0.4, 0.5) is 0 Å². The van der Waals surface area contributed by atoms with Crippen LogP contribution in [0.1, 0.15) is 0 Å². The van der Waals surface area contributed by atoms with E-state index < -0.39 is 15.8 Å². The summed E-state index contributed by atoms with van der Waals surface area (Å²) in [5.74, 6) is -1.08. The number of rotatable bonds is 1. The van der Waals surface area contributed by atoms with Crippen LogP contribution < -0.4 is 0 Å². The third-order valence-corrected chi connectivity index (χ3v) is 0.454. The number of aliphatic carboxylic acids is 1. The van der Waals surface area contributed by atoms with Crippen LogP contribution in [0.2, 0.25) is 0 Å². The van der Waals surface area contributed by atoms with Gasteiger partial charge in [0.25, 0.3) is 0 Å². The quantitative estimate of drug-likeness (QED) is 0.607. The average Bonchev–Trinajstić information content (AvgIpc) is 1.63. The van der Waals surface area contributed by atoms with Gasteiger partial charge in [-0.25, -0.2) is 0 Å². The van der Waals surface area contributed by atoms with Crippen LogP contribution in [-0.4, -0.2) is 31.4 Å². The number of carbonyl (C=O) groups excluding carboxylic acids is 1. The molecule has 0 fully saturated rings. The maximum absolute atomic E-state index is 9.58. The number of hydrogen-bond acceptors (Lipinski definition) is 4. The maximum Gasteiger partial charge on any atom is 0.161 e. The Morgan fingerprint density at radius 1 is 1.55 bits per heavy atom. The molecule has 0 rings (SSSR count). The molecule has 7 heteroatoms. The Morgan fingerprint density at radius 2 is 1.64 bits per heavy atom. The first-order valence-electron chi connectivity index (χ1n) is 1.93. The Labute approximate surface area is 90.0 Å². The summed E-state index contributed by atoms with van der Waals surface area (Å²) in [5, 5.41) is 7.31. The number of sulfone groups is 1. The molecule has 0 bridgehead atoms. The Kier molecular flexibility index (Phi) is 12.8. The topological polar surface area (TPSA) is 88.5 Å². The summed E-state index contributed by atoms with van der Waals surface area (Å²) in [6, 6.07) is 0. The summed E-state index contributed by atoms with van der Waals surface area (Å²) in [6.07, 6.45) is 0.792. The van der Waals surface area contributed by atoms with Crippen LogP contribution in [0.5, 0.6) is 0 Å². The molecule has 0 aromatic heterocycles. The van der Waals surface area contributed by atoms with Crippen LogP contribution in [-0.2, 0) is 52.1 Å². The fraction of sp³-hybridized carbons (Fsp3) is 0.250. The molecule has 0 saturated heterocycles. The molecule has 0 aliphatic carbocycles. The average molecular weight is 255 g/mol. The third kappa shape index (κ3) is 69.7. The number of carboxylic acid groups (broad SMARTS) is 1. The predicted molar refractivity (Wildman–Crippen MR) is 33.5 cm³/mol. The standard InChI is InChI=1S/C2H3O3S.C2H3O2.Y/c1-6(4,5)2-3;1-2(3)4;/h1H3;1H2,(H,3,4);/q2*-1;. The van der Waals surface area contributed by atoms with E-state index in [1.807, 2.05) is 0 Å². The first-order valence-corrected chi connectivity index (χ1v) is 3.82. The molecule has 0 aromatic rings. The Bertz CT molecular complexity index is 191. The van der Waals surface area contributed by atoms with Crippen LogP contribution >= 0.6 is 0 Å². The van der Waals surface area contributed by atoms with E-state index in [-0.39, 0.29) is 32.7 Å². The van der Waals surface area contributed by atoms with Gasteiger partial charge in [0.1, 0.15) is 0 Å². The van der Waals surface area contributed by atoms with Crippen LogP contribution in [0, 0.1) is 6.92 Å². The number of hydrogen-bond donors (Lipinski definition) is 1. The molecule has 0 heterocycles. The molecule has 11 heavy (non-hydrogen) atoms. The van der Waals surface area contributed by atoms with E-state index in [1.165, 1.54) is 0 Å². The van der Waals surface area contributed by atoms with Gasteiger partial charge in [0.05, 0.1) is 9.84 Å². The van der Waals surface area contributed by atoms with Gasteiger partial charge in [0.15, 0.2) is 5.97 Å². The monoisotopic (exact) mass is 255 g/mol. The van der Waals surface area contributed by atoms with E-state index in [2.05, 4.69) is 6.92 Å². The molecule has 0 aliphatic rings. The zero-order valence-electron chi connectivity index (χ0n) is 5.77. The fourth-order valence-corrected chi connectivity index (χ4v) is 0. The number of carboxylic acids is 1. The van der Waals surface area contributed by atoms with Gasteiger partial charge < -0.3 is 9.90 Å². The Hall–Kier alpha value is 0.0639. The van der Waals surface area contributed by atoms with E-state index >= 15 is 0 Å². The molecule has 1 radical (unpaired) electrons. The summed E-state index contributed by atoms with van der Waals surface area (Å²) in [5.41, 5.74) is 0.826. The molecule has 0 aliphatic heterocycles. The molecule has 0 aromatic carbocycles. The zero-order chi connectivity index (χ0) is 8.78. The van der Waals surface area contributed by atoms with Gasteiger partial charge in [-0.2, -0.15) is 0 Å². The minimum Gasteiger partial charge on any atom is -0.525 e. The number of carbonyl (C=O) groups is 1. The van der Waals surface area contributed by atoms with Gasteiger partial charge in [-0.15, -0.1) is 5.62 Å². The van der Waals surface area contributed by atoms with Crippen LogP contribution in [0.15, 0.2) is 0 Å². The Morgan fingerprint density at radius 3 is 1.64 bits per heavy atom. The second-order valence-corrected chi connectivity index (χ2v) is 2.96.